The fraction of sp³-hybridized carbons (Fsp3) is 0.382. The van der Waals surface area contributed by atoms with Gasteiger partial charge in [0.15, 0.2) is 5.60 Å². The molecule has 0 aliphatic carbocycles. The molecule has 0 fully saturated rings. The van der Waals surface area contributed by atoms with Gasteiger partial charge >= 0.3 is 5.97 Å². The Balaban J connectivity index is 1.68. The minimum atomic E-state index is -0.911. The van der Waals surface area contributed by atoms with Crippen molar-refractivity contribution in [2.24, 2.45) is 0 Å². The Morgan fingerprint density at radius 1 is 0.868 bits per heavy atom. The number of fused-ring (bicyclic) bond motifs is 3. The van der Waals surface area contributed by atoms with Crippen LogP contribution in [0.4, 0.5) is 5.69 Å². The lowest BCUT2D eigenvalue weighted by atomic mass is 9.70. The molecule has 38 heavy (non-hydrogen) atoms. The summed E-state index contributed by atoms with van der Waals surface area (Å²) < 4.78 is 9.25. The second kappa shape index (κ2) is 9.65. The van der Waals surface area contributed by atoms with Crippen LogP contribution in [0.5, 0.6) is 0 Å². The quantitative estimate of drug-likeness (QED) is 0.227. The molecule has 196 valence electrons. The molecular formula is C34H38N2O2. The van der Waals surface area contributed by atoms with E-state index in [1.54, 1.807) is 0 Å². The second-order valence-electron chi connectivity index (χ2n) is 11.0. The summed E-state index contributed by atoms with van der Waals surface area (Å²) in [4.78, 5) is 16.2. The Bertz CT molecular complexity index is 1500. The molecule has 1 aromatic heterocycles. The lowest BCUT2D eigenvalue weighted by Crippen LogP contribution is -2.44. The molecule has 2 aliphatic rings. The Morgan fingerprint density at radius 2 is 1.55 bits per heavy atom. The van der Waals surface area contributed by atoms with Gasteiger partial charge < -0.3 is 14.2 Å². The predicted octanol–water partition coefficient (Wildman–Crippen LogP) is 7.96. The van der Waals surface area contributed by atoms with Crippen LogP contribution in [0.3, 0.4) is 0 Å². The fourth-order valence-electron chi connectivity index (χ4n) is 7.20. The number of anilines is 1. The first kappa shape index (κ1) is 24.8. The number of ether oxygens (including phenoxy) is 1. The van der Waals surface area contributed by atoms with Crippen molar-refractivity contribution in [1.29, 1.82) is 0 Å². The van der Waals surface area contributed by atoms with Crippen molar-refractivity contribution in [2.75, 3.05) is 11.4 Å². The summed E-state index contributed by atoms with van der Waals surface area (Å²) >= 11 is 0. The van der Waals surface area contributed by atoms with E-state index in [1.165, 1.54) is 27.8 Å². The van der Waals surface area contributed by atoms with Crippen molar-refractivity contribution < 1.29 is 9.53 Å². The number of rotatable bonds is 8. The first-order chi connectivity index (χ1) is 18.5. The topological polar surface area (TPSA) is 34.5 Å². The summed E-state index contributed by atoms with van der Waals surface area (Å²) in [5.74, 6) is -0.255. The monoisotopic (exact) mass is 506 g/mol. The number of benzene rings is 3. The Labute approximate surface area is 226 Å². The molecule has 0 saturated heterocycles. The summed E-state index contributed by atoms with van der Waals surface area (Å²) in [7, 11) is 0. The van der Waals surface area contributed by atoms with E-state index in [9.17, 15) is 4.79 Å². The fourth-order valence-corrected chi connectivity index (χ4v) is 7.20. The third-order valence-electron chi connectivity index (χ3n) is 8.88. The second-order valence-corrected chi connectivity index (χ2v) is 11.0. The van der Waals surface area contributed by atoms with E-state index in [0.29, 0.717) is 5.56 Å². The SMILES string of the molecule is CCCCN1c2ccccc2C(C2(c3c(C)n(CCCC)c4ccccc34)OC(=O)c3ccccc32)C1C. The zero-order valence-electron chi connectivity index (χ0n) is 23.0. The minimum absolute atomic E-state index is 0.0349. The van der Waals surface area contributed by atoms with Crippen LogP contribution < -0.4 is 4.90 Å². The predicted molar refractivity (Wildman–Crippen MR) is 155 cm³/mol. The summed E-state index contributed by atoms with van der Waals surface area (Å²) in [6.45, 7) is 11.0. The van der Waals surface area contributed by atoms with Crippen LogP contribution in [0.2, 0.25) is 0 Å². The third-order valence-corrected chi connectivity index (χ3v) is 8.88. The molecule has 0 bridgehead atoms. The van der Waals surface area contributed by atoms with E-state index in [-0.39, 0.29) is 17.9 Å². The van der Waals surface area contributed by atoms with Gasteiger partial charge in [-0.25, -0.2) is 4.79 Å². The van der Waals surface area contributed by atoms with Crippen molar-refractivity contribution in [1.82, 2.24) is 4.57 Å². The highest BCUT2D eigenvalue weighted by molar-refractivity contribution is 5.98. The number of hydrogen-bond acceptors (Lipinski definition) is 3. The molecule has 3 unspecified atom stereocenters. The molecule has 4 heteroatoms. The van der Waals surface area contributed by atoms with Crippen LogP contribution >= 0.6 is 0 Å². The largest absolute Gasteiger partial charge is 0.445 e. The van der Waals surface area contributed by atoms with Crippen molar-refractivity contribution in [2.45, 2.75) is 77.5 Å². The molecule has 0 amide bonds. The van der Waals surface area contributed by atoms with Crippen molar-refractivity contribution >= 4 is 22.6 Å². The normalized spacial score (nSPS) is 22.1. The van der Waals surface area contributed by atoms with Crippen LogP contribution in [0.15, 0.2) is 72.8 Å². The van der Waals surface area contributed by atoms with Gasteiger partial charge in [-0.1, -0.05) is 81.3 Å². The number of esters is 1. The number of carbonyl (C=O) groups is 1. The average Bonchev–Trinajstić information content (AvgIpc) is 3.50. The molecule has 2 aliphatic heterocycles. The molecular weight excluding hydrogens is 468 g/mol. The first-order valence-corrected chi connectivity index (χ1v) is 14.3. The first-order valence-electron chi connectivity index (χ1n) is 14.3. The molecule has 4 nitrogen and oxygen atoms in total. The number of hydrogen-bond donors (Lipinski definition) is 0. The highest BCUT2D eigenvalue weighted by Crippen LogP contribution is 2.59. The number of cyclic esters (lactones) is 1. The van der Waals surface area contributed by atoms with Crippen LogP contribution in [-0.2, 0) is 16.9 Å². The number of unbranched alkanes of at least 4 members (excludes halogenated alkanes) is 2. The van der Waals surface area contributed by atoms with Gasteiger partial charge in [-0.05, 0) is 50.5 Å². The maximum atomic E-state index is 13.7. The van der Waals surface area contributed by atoms with E-state index in [1.807, 2.05) is 12.1 Å². The molecule has 6 rings (SSSR count). The summed E-state index contributed by atoms with van der Waals surface area (Å²) in [6, 6.07) is 25.7. The van der Waals surface area contributed by atoms with Crippen LogP contribution in [0.25, 0.3) is 10.9 Å². The maximum Gasteiger partial charge on any atom is 0.339 e. The summed E-state index contributed by atoms with van der Waals surface area (Å²) in [5, 5.41) is 1.18. The van der Waals surface area contributed by atoms with Gasteiger partial charge in [0.2, 0.25) is 0 Å². The Kier molecular flexibility index (Phi) is 6.29. The van der Waals surface area contributed by atoms with Crippen LogP contribution in [0, 0.1) is 6.92 Å². The van der Waals surface area contributed by atoms with Gasteiger partial charge in [0.25, 0.3) is 0 Å². The molecule has 3 heterocycles. The van der Waals surface area contributed by atoms with Crippen molar-refractivity contribution in [3.63, 3.8) is 0 Å². The van der Waals surface area contributed by atoms with Gasteiger partial charge in [-0.2, -0.15) is 0 Å². The lowest BCUT2D eigenvalue weighted by Gasteiger charge is -2.39. The van der Waals surface area contributed by atoms with E-state index >= 15 is 0 Å². The molecule has 0 radical (unpaired) electrons. The van der Waals surface area contributed by atoms with Crippen LogP contribution in [-0.4, -0.2) is 23.1 Å². The third kappa shape index (κ3) is 3.46. The highest BCUT2D eigenvalue weighted by atomic mass is 16.6. The average molecular weight is 507 g/mol. The summed E-state index contributed by atoms with van der Waals surface area (Å²) in [6.07, 6.45) is 4.51. The standard InChI is InChI=1S/C34H38N2O2/c1-5-7-21-35-23(3)31(26-16-10-13-19-29(26)35)34(28-18-12-9-15-25(28)33(37)38-34)32-24(4)36(22-8-6-2)30-20-14-11-17-27(30)32/h9-20,23,31H,5-8,21-22H2,1-4H3. The summed E-state index contributed by atoms with van der Waals surface area (Å²) in [5.41, 5.74) is 6.87. The Hall–Kier alpha value is -3.53. The number of aryl methyl sites for hydroxylation is 1. The van der Waals surface area contributed by atoms with Gasteiger partial charge in [0, 0.05) is 52.5 Å². The number of carbonyl (C=O) groups excluding carboxylic acids is 1. The molecule has 0 saturated carbocycles. The Morgan fingerprint density at radius 3 is 2.37 bits per heavy atom. The molecule has 0 N–H and O–H groups in total. The van der Waals surface area contributed by atoms with Crippen LogP contribution in [0.1, 0.15) is 85.1 Å². The van der Waals surface area contributed by atoms with Gasteiger partial charge in [0.05, 0.1) is 11.5 Å². The number of nitrogens with zero attached hydrogens (tertiary/aromatic N) is 2. The molecule has 3 aromatic carbocycles. The van der Waals surface area contributed by atoms with Gasteiger partial charge in [-0.15, -0.1) is 0 Å². The minimum Gasteiger partial charge on any atom is -0.445 e. The maximum absolute atomic E-state index is 13.7. The van der Waals surface area contributed by atoms with E-state index in [4.69, 9.17) is 4.74 Å². The van der Waals surface area contributed by atoms with Crippen molar-refractivity contribution in [3.8, 4) is 0 Å². The van der Waals surface area contributed by atoms with Gasteiger partial charge in [0.1, 0.15) is 0 Å². The van der Waals surface area contributed by atoms with E-state index < -0.39 is 5.60 Å². The van der Waals surface area contributed by atoms with Gasteiger partial charge in [-0.3, -0.25) is 0 Å². The number of aromatic nitrogens is 1. The molecule has 0 spiro atoms. The highest BCUT2D eigenvalue weighted by Gasteiger charge is 2.59. The molecule has 4 aromatic rings. The van der Waals surface area contributed by atoms with E-state index in [0.717, 1.165) is 49.9 Å². The zero-order valence-corrected chi connectivity index (χ0v) is 23.0. The molecule has 3 atom stereocenters. The lowest BCUT2D eigenvalue weighted by molar-refractivity contribution is -0.00324. The number of para-hydroxylation sites is 2. The smallest absolute Gasteiger partial charge is 0.339 e. The van der Waals surface area contributed by atoms with Crippen molar-refractivity contribution in [3.05, 3.63) is 101 Å². The van der Waals surface area contributed by atoms with E-state index in [2.05, 4.69) is 97.8 Å². The zero-order chi connectivity index (χ0) is 26.4.